The van der Waals surface area contributed by atoms with Gasteiger partial charge in [-0.1, -0.05) is 12.1 Å². The Kier molecular flexibility index (Phi) is 4.61. The number of carbonyl (C=O) groups is 1. The molecule has 2 heterocycles. The Morgan fingerprint density at radius 2 is 1.81 bits per heavy atom. The Morgan fingerprint density at radius 3 is 2.46 bits per heavy atom. The molecule has 3 aromatic rings. The van der Waals surface area contributed by atoms with Gasteiger partial charge in [0.25, 0.3) is 5.91 Å². The Hall–Kier alpha value is -3.36. The Balaban J connectivity index is 1.79. The van der Waals surface area contributed by atoms with Crippen LogP contribution in [0.25, 0.3) is 11.3 Å². The SMILES string of the molecule is O=C(Nc1ccc(-c2cccc(C(F)(F)F)c2)nn1)c1ncccc1F. The molecule has 0 bridgehead atoms. The van der Waals surface area contributed by atoms with Crippen LogP contribution >= 0.6 is 0 Å². The summed E-state index contributed by atoms with van der Waals surface area (Å²) in [4.78, 5) is 15.6. The lowest BCUT2D eigenvalue weighted by molar-refractivity contribution is -0.137. The van der Waals surface area contributed by atoms with Crippen LogP contribution in [0.3, 0.4) is 0 Å². The fraction of sp³-hybridized carbons (Fsp3) is 0.0588. The molecule has 0 saturated carbocycles. The zero-order valence-corrected chi connectivity index (χ0v) is 13.0. The number of pyridine rings is 1. The molecule has 0 saturated heterocycles. The largest absolute Gasteiger partial charge is 0.416 e. The van der Waals surface area contributed by atoms with E-state index >= 15 is 0 Å². The lowest BCUT2D eigenvalue weighted by Crippen LogP contribution is -2.16. The summed E-state index contributed by atoms with van der Waals surface area (Å²) in [6.45, 7) is 0. The third kappa shape index (κ3) is 3.82. The van der Waals surface area contributed by atoms with E-state index in [1.165, 1.54) is 36.5 Å². The van der Waals surface area contributed by atoms with E-state index in [-0.39, 0.29) is 17.1 Å². The molecule has 5 nitrogen and oxygen atoms in total. The quantitative estimate of drug-likeness (QED) is 0.717. The second-order valence-corrected chi connectivity index (χ2v) is 5.17. The fourth-order valence-corrected chi connectivity index (χ4v) is 2.14. The highest BCUT2D eigenvalue weighted by Crippen LogP contribution is 2.31. The molecule has 0 aliphatic heterocycles. The first-order valence-electron chi connectivity index (χ1n) is 7.28. The van der Waals surface area contributed by atoms with Crippen LogP contribution in [0.1, 0.15) is 16.1 Å². The van der Waals surface area contributed by atoms with E-state index in [4.69, 9.17) is 0 Å². The Labute approximate surface area is 144 Å². The summed E-state index contributed by atoms with van der Waals surface area (Å²) in [7, 11) is 0. The number of hydrogen-bond acceptors (Lipinski definition) is 4. The second kappa shape index (κ2) is 6.87. The minimum atomic E-state index is -4.47. The summed E-state index contributed by atoms with van der Waals surface area (Å²) in [6.07, 6.45) is -3.20. The molecule has 26 heavy (non-hydrogen) atoms. The number of halogens is 4. The number of anilines is 1. The minimum absolute atomic E-state index is 0.00998. The average molecular weight is 362 g/mol. The smallest absolute Gasteiger partial charge is 0.304 e. The maximum absolute atomic E-state index is 13.5. The number of rotatable bonds is 3. The van der Waals surface area contributed by atoms with Crippen molar-refractivity contribution in [3.8, 4) is 11.3 Å². The van der Waals surface area contributed by atoms with Crippen molar-refractivity contribution in [1.82, 2.24) is 15.2 Å². The van der Waals surface area contributed by atoms with Gasteiger partial charge >= 0.3 is 6.18 Å². The van der Waals surface area contributed by atoms with Crippen molar-refractivity contribution in [3.05, 3.63) is 71.8 Å². The molecule has 1 amide bonds. The molecule has 1 N–H and O–H groups in total. The molecule has 0 aliphatic carbocycles. The van der Waals surface area contributed by atoms with Gasteiger partial charge in [0.05, 0.1) is 11.3 Å². The molecule has 0 unspecified atom stereocenters. The third-order valence-electron chi connectivity index (χ3n) is 3.37. The van der Waals surface area contributed by atoms with Crippen LogP contribution in [0, 0.1) is 5.82 Å². The second-order valence-electron chi connectivity index (χ2n) is 5.17. The van der Waals surface area contributed by atoms with Crippen molar-refractivity contribution in [3.63, 3.8) is 0 Å². The van der Waals surface area contributed by atoms with Gasteiger partial charge in [0.1, 0.15) is 0 Å². The molecule has 0 fully saturated rings. The molecular weight excluding hydrogens is 352 g/mol. The van der Waals surface area contributed by atoms with Gasteiger partial charge in [-0.2, -0.15) is 13.2 Å². The van der Waals surface area contributed by atoms with Crippen LogP contribution in [0.15, 0.2) is 54.7 Å². The van der Waals surface area contributed by atoms with Crippen LogP contribution in [-0.4, -0.2) is 21.1 Å². The van der Waals surface area contributed by atoms with Gasteiger partial charge in [0, 0.05) is 11.8 Å². The van der Waals surface area contributed by atoms with Crippen molar-refractivity contribution in [1.29, 1.82) is 0 Å². The van der Waals surface area contributed by atoms with E-state index in [0.717, 1.165) is 18.2 Å². The summed E-state index contributed by atoms with van der Waals surface area (Å²) in [5, 5.41) is 9.84. The van der Waals surface area contributed by atoms with E-state index < -0.39 is 29.2 Å². The van der Waals surface area contributed by atoms with Gasteiger partial charge in [-0.15, -0.1) is 10.2 Å². The van der Waals surface area contributed by atoms with Crippen LogP contribution in [0.2, 0.25) is 0 Å². The first-order valence-corrected chi connectivity index (χ1v) is 7.28. The predicted molar refractivity (Wildman–Crippen MR) is 84.6 cm³/mol. The summed E-state index contributed by atoms with van der Waals surface area (Å²) in [6, 6.07) is 9.80. The van der Waals surface area contributed by atoms with Crippen molar-refractivity contribution in [2.45, 2.75) is 6.18 Å². The number of alkyl halides is 3. The van der Waals surface area contributed by atoms with E-state index in [0.29, 0.717) is 0 Å². The van der Waals surface area contributed by atoms with E-state index in [9.17, 15) is 22.4 Å². The predicted octanol–water partition coefficient (Wildman–Crippen LogP) is 3.95. The first kappa shape index (κ1) is 17.5. The van der Waals surface area contributed by atoms with Gasteiger partial charge in [-0.05, 0) is 36.4 Å². The molecule has 1 aromatic carbocycles. The number of carbonyl (C=O) groups excluding carboxylic acids is 1. The normalized spacial score (nSPS) is 11.2. The van der Waals surface area contributed by atoms with E-state index in [2.05, 4.69) is 20.5 Å². The van der Waals surface area contributed by atoms with Crippen molar-refractivity contribution in [2.75, 3.05) is 5.32 Å². The zero-order chi connectivity index (χ0) is 18.7. The number of amides is 1. The Morgan fingerprint density at radius 1 is 1.00 bits per heavy atom. The highest BCUT2D eigenvalue weighted by atomic mass is 19.4. The summed E-state index contributed by atoms with van der Waals surface area (Å²) in [5.74, 6) is -1.60. The number of aromatic nitrogens is 3. The summed E-state index contributed by atoms with van der Waals surface area (Å²) < 4.78 is 51.8. The van der Waals surface area contributed by atoms with Gasteiger partial charge < -0.3 is 5.32 Å². The highest BCUT2D eigenvalue weighted by Gasteiger charge is 2.30. The number of benzene rings is 1. The zero-order valence-electron chi connectivity index (χ0n) is 13.0. The number of nitrogens with zero attached hydrogens (tertiary/aromatic N) is 3. The molecule has 9 heteroatoms. The first-order chi connectivity index (χ1) is 12.3. The highest BCUT2D eigenvalue weighted by molar-refractivity contribution is 6.02. The lowest BCUT2D eigenvalue weighted by Gasteiger charge is -2.08. The lowest BCUT2D eigenvalue weighted by atomic mass is 10.1. The van der Waals surface area contributed by atoms with Crippen molar-refractivity contribution >= 4 is 11.7 Å². The third-order valence-corrected chi connectivity index (χ3v) is 3.37. The van der Waals surface area contributed by atoms with E-state index in [1.54, 1.807) is 0 Å². The number of nitrogens with one attached hydrogen (secondary N) is 1. The maximum Gasteiger partial charge on any atom is 0.416 e. The molecule has 3 rings (SSSR count). The molecule has 132 valence electrons. The average Bonchev–Trinajstić information content (AvgIpc) is 2.62. The standard InChI is InChI=1S/C17H10F4N4O/c18-12-5-2-8-22-15(12)16(26)23-14-7-6-13(24-25-14)10-3-1-4-11(9-10)17(19,20)21/h1-9H,(H,23,25,26). The minimum Gasteiger partial charge on any atom is -0.304 e. The van der Waals surface area contributed by atoms with Gasteiger partial charge in [-0.25, -0.2) is 9.37 Å². The van der Waals surface area contributed by atoms with E-state index in [1.807, 2.05) is 0 Å². The monoisotopic (exact) mass is 362 g/mol. The molecular formula is C17H10F4N4O. The maximum atomic E-state index is 13.5. The molecule has 0 spiro atoms. The fourth-order valence-electron chi connectivity index (χ4n) is 2.14. The molecule has 0 aliphatic rings. The topological polar surface area (TPSA) is 67.8 Å². The van der Waals surface area contributed by atoms with Crippen LogP contribution < -0.4 is 5.32 Å². The molecule has 2 aromatic heterocycles. The molecule has 0 radical (unpaired) electrons. The van der Waals surface area contributed by atoms with Crippen molar-refractivity contribution in [2.24, 2.45) is 0 Å². The van der Waals surface area contributed by atoms with Crippen molar-refractivity contribution < 1.29 is 22.4 Å². The number of hydrogen-bond donors (Lipinski definition) is 1. The Bertz CT molecular complexity index is 942. The molecule has 0 atom stereocenters. The van der Waals surface area contributed by atoms with Gasteiger partial charge in [-0.3, -0.25) is 4.79 Å². The van der Waals surface area contributed by atoms with Crippen LogP contribution in [0.4, 0.5) is 23.4 Å². The summed E-state index contributed by atoms with van der Waals surface area (Å²) in [5.41, 5.74) is -0.796. The summed E-state index contributed by atoms with van der Waals surface area (Å²) >= 11 is 0. The van der Waals surface area contributed by atoms with Gasteiger partial charge in [0.2, 0.25) is 0 Å². The van der Waals surface area contributed by atoms with Crippen LogP contribution in [0.5, 0.6) is 0 Å². The van der Waals surface area contributed by atoms with Crippen LogP contribution in [-0.2, 0) is 6.18 Å². The van der Waals surface area contributed by atoms with Gasteiger partial charge in [0.15, 0.2) is 17.3 Å².